The van der Waals surface area contributed by atoms with Crippen molar-refractivity contribution in [1.29, 1.82) is 0 Å². The molecule has 0 spiro atoms. The number of nitrogens with zero attached hydrogens (tertiary/aromatic N) is 3. The minimum absolute atomic E-state index is 0.239. The molecule has 0 radical (unpaired) electrons. The Bertz CT molecular complexity index is 947. The highest BCUT2D eigenvalue weighted by atomic mass is 16.5. The van der Waals surface area contributed by atoms with Crippen LogP contribution in [0.5, 0.6) is 5.88 Å². The van der Waals surface area contributed by atoms with Crippen LogP contribution < -0.4 is 15.8 Å². The summed E-state index contributed by atoms with van der Waals surface area (Å²) in [7, 11) is 0. The van der Waals surface area contributed by atoms with Crippen LogP contribution in [-0.4, -0.2) is 33.9 Å². The van der Waals surface area contributed by atoms with Crippen LogP contribution in [0.3, 0.4) is 0 Å². The average molecular weight is 408 g/mol. The van der Waals surface area contributed by atoms with Crippen LogP contribution in [0.4, 0.5) is 5.69 Å². The van der Waals surface area contributed by atoms with Gasteiger partial charge in [-0.1, -0.05) is 6.42 Å². The van der Waals surface area contributed by atoms with Crippen LogP contribution in [0.1, 0.15) is 43.0 Å². The Morgan fingerprint density at radius 1 is 1.27 bits per heavy atom. The number of pyridine rings is 2. The Kier molecular flexibility index (Phi) is 5.88. The summed E-state index contributed by atoms with van der Waals surface area (Å²) >= 11 is 0. The van der Waals surface area contributed by atoms with Gasteiger partial charge in [-0.25, -0.2) is 4.98 Å². The zero-order valence-electron chi connectivity index (χ0n) is 17.6. The van der Waals surface area contributed by atoms with Crippen LogP contribution in [0.2, 0.25) is 0 Å². The second kappa shape index (κ2) is 8.73. The number of hydrogen-bond acceptors (Lipinski definition) is 6. The van der Waals surface area contributed by atoms with Gasteiger partial charge in [0.05, 0.1) is 17.6 Å². The predicted molar refractivity (Wildman–Crippen MR) is 116 cm³/mol. The van der Waals surface area contributed by atoms with Gasteiger partial charge in [0, 0.05) is 42.7 Å². The number of anilines is 1. The zero-order valence-corrected chi connectivity index (χ0v) is 17.6. The summed E-state index contributed by atoms with van der Waals surface area (Å²) in [5.74, 6) is 1.11. The fourth-order valence-electron chi connectivity index (χ4n) is 3.71. The highest BCUT2D eigenvalue weighted by Crippen LogP contribution is 2.30. The molecule has 158 valence electrons. The molecule has 0 atom stereocenters. The molecule has 2 aromatic heterocycles. The molecule has 1 aliphatic heterocycles. The number of rotatable bonds is 6. The van der Waals surface area contributed by atoms with Crippen molar-refractivity contribution >= 4 is 11.6 Å². The molecule has 0 saturated heterocycles. The van der Waals surface area contributed by atoms with Gasteiger partial charge < -0.3 is 20.7 Å². The van der Waals surface area contributed by atoms with Gasteiger partial charge in [0.2, 0.25) is 11.8 Å². The van der Waals surface area contributed by atoms with E-state index in [2.05, 4.69) is 15.3 Å². The first kappa shape index (κ1) is 20.2. The molecule has 3 N–H and O–H groups in total. The van der Waals surface area contributed by atoms with E-state index in [0.717, 1.165) is 48.4 Å². The first-order chi connectivity index (χ1) is 14.5. The summed E-state index contributed by atoms with van der Waals surface area (Å²) < 4.78 is 5.92. The van der Waals surface area contributed by atoms with Crippen molar-refractivity contribution < 1.29 is 9.53 Å². The molecule has 1 saturated carbocycles. The Labute approximate surface area is 177 Å². The maximum atomic E-state index is 12.5. The standard InChI is InChI=1S/C23H29N5O2/c1-15-6-7-20(12-25-15)27-21(16(2)24)14-30-22-10-18-8-9-28(13-19(18)11-26-22)23(29)17-4-3-5-17/h6-7,10-12,17,27H,3-5,8-9,13-14,24H2,1-2H3/b21-16-. The molecule has 2 aromatic rings. The average Bonchev–Trinajstić information content (AvgIpc) is 2.70. The van der Waals surface area contributed by atoms with Crippen molar-refractivity contribution in [2.75, 3.05) is 18.5 Å². The third kappa shape index (κ3) is 4.56. The molecule has 2 aliphatic rings. The van der Waals surface area contributed by atoms with Crippen LogP contribution in [-0.2, 0) is 17.8 Å². The molecule has 4 rings (SSSR count). The van der Waals surface area contributed by atoms with Gasteiger partial charge in [0.15, 0.2) is 0 Å². The number of amides is 1. The summed E-state index contributed by atoms with van der Waals surface area (Å²) in [5, 5.41) is 3.27. The van der Waals surface area contributed by atoms with Crippen LogP contribution in [0, 0.1) is 12.8 Å². The van der Waals surface area contributed by atoms with Gasteiger partial charge in [-0.2, -0.15) is 0 Å². The van der Waals surface area contributed by atoms with Gasteiger partial charge >= 0.3 is 0 Å². The van der Waals surface area contributed by atoms with Crippen LogP contribution in [0.25, 0.3) is 0 Å². The minimum Gasteiger partial charge on any atom is -0.471 e. The van der Waals surface area contributed by atoms with Crippen LogP contribution >= 0.6 is 0 Å². The summed E-state index contributed by atoms with van der Waals surface area (Å²) in [6.07, 6.45) is 7.69. The molecule has 7 heteroatoms. The van der Waals surface area contributed by atoms with Crippen molar-refractivity contribution in [3.05, 3.63) is 58.8 Å². The van der Waals surface area contributed by atoms with E-state index in [-0.39, 0.29) is 12.5 Å². The molecule has 3 heterocycles. The molecule has 1 aliphatic carbocycles. The van der Waals surface area contributed by atoms with E-state index in [9.17, 15) is 4.79 Å². The van der Waals surface area contributed by atoms with E-state index in [0.29, 0.717) is 24.0 Å². The highest BCUT2D eigenvalue weighted by molar-refractivity contribution is 5.79. The lowest BCUT2D eigenvalue weighted by atomic mass is 9.84. The molecule has 1 amide bonds. The van der Waals surface area contributed by atoms with E-state index < -0.39 is 0 Å². The molecule has 30 heavy (non-hydrogen) atoms. The van der Waals surface area contributed by atoms with Gasteiger partial charge in [-0.15, -0.1) is 0 Å². The van der Waals surface area contributed by atoms with E-state index in [1.807, 2.05) is 43.1 Å². The van der Waals surface area contributed by atoms with Crippen molar-refractivity contribution in [1.82, 2.24) is 14.9 Å². The molecule has 0 bridgehead atoms. The van der Waals surface area contributed by atoms with E-state index >= 15 is 0 Å². The number of hydrogen-bond donors (Lipinski definition) is 2. The Hall–Kier alpha value is -3.09. The number of nitrogens with one attached hydrogen (secondary N) is 1. The smallest absolute Gasteiger partial charge is 0.225 e. The predicted octanol–water partition coefficient (Wildman–Crippen LogP) is 3.15. The molecule has 1 fully saturated rings. The lowest BCUT2D eigenvalue weighted by Gasteiger charge is -2.34. The fraction of sp³-hybridized carbons (Fsp3) is 0.435. The Morgan fingerprint density at radius 3 is 2.77 bits per heavy atom. The highest BCUT2D eigenvalue weighted by Gasteiger charge is 2.31. The Balaban J connectivity index is 1.37. The van der Waals surface area contributed by atoms with Gasteiger partial charge in [-0.3, -0.25) is 9.78 Å². The van der Waals surface area contributed by atoms with E-state index in [1.54, 1.807) is 6.20 Å². The zero-order chi connectivity index (χ0) is 21.1. The number of carbonyl (C=O) groups excluding carboxylic acids is 1. The number of allylic oxidation sites excluding steroid dienone is 1. The van der Waals surface area contributed by atoms with Crippen molar-refractivity contribution in [2.24, 2.45) is 11.7 Å². The lowest BCUT2D eigenvalue weighted by Crippen LogP contribution is -2.41. The quantitative estimate of drug-likeness (QED) is 0.764. The molecule has 0 aromatic carbocycles. The van der Waals surface area contributed by atoms with Crippen LogP contribution in [0.15, 0.2) is 42.0 Å². The first-order valence-corrected chi connectivity index (χ1v) is 10.5. The van der Waals surface area contributed by atoms with Crippen molar-refractivity contribution in [2.45, 2.75) is 46.1 Å². The number of fused-ring (bicyclic) bond motifs is 1. The SMILES string of the molecule is C/C(N)=C(\COc1cc2c(cn1)CN(C(=O)C1CCC1)CC2)Nc1ccc(C)nc1. The monoisotopic (exact) mass is 407 g/mol. The maximum Gasteiger partial charge on any atom is 0.225 e. The third-order valence-corrected chi connectivity index (χ3v) is 5.88. The molecular weight excluding hydrogens is 378 g/mol. The number of carbonyl (C=O) groups is 1. The summed E-state index contributed by atoms with van der Waals surface area (Å²) in [6.45, 7) is 5.48. The van der Waals surface area contributed by atoms with E-state index in [4.69, 9.17) is 10.5 Å². The van der Waals surface area contributed by atoms with Gasteiger partial charge in [-0.05, 0) is 56.4 Å². The minimum atomic E-state index is 0.239. The Morgan fingerprint density at radius 2 is 2.10 bits per heavy atom. The number of nitrogens with two attached hydrogens (primary N) is 1. The normalized spacial score (nSPS) is 16.9. The summed E-state index contributed by atoms with van der Waals surface area (Å²) in [5.41, 5.74) is 11.6. The summed E-state index contributed by atoms with van der Waals surface area (Å²) in [4.78, 5) is 23.2. The summed E-state index contributed by atoms with van der Waals surface area (Å²) in [6, 6.07) is 5.88. The molecular formula is C23H29N5O2. The van der Waals surface area contributed by atoms with Gasteiger partial charge in [0.25, 0.3) is 0 Å². The lowest BCUT2D eigenvalue weighted by molar-refractivity contribution is -0.139. The van der Waals surface area contributed by atoms with Crippen molar-refractivity contribution in [3.8, 4) is 5.88 Å². The van der Waals surface area contributed by atoms with Gasteiger partial charge in [0.1, 0.15) is 6.61 Å². The van der Waals surface area contributed by atoms with E-state index in [1.165, 1.54) is 12.0 Å². The molecule has 0 unspecified atom stereocenters. The second-order valence-electron chi connectivity index (χ2n) is 8.19. The maximum absolute atomic E-state index is 12.5. The first-order valence-electron chi connectivity index (χ1n) is 10.5. The number of aryl methyl sites for hydroxylation is 1. The number of aromatic nitrogens is 2. The largest absolute Gasteiger partial charge is 0.471 e. The fourth-order valence-corrected chi connectivity index (χ4v) is 3.71. The topological polar surface area (TPSA) is 93.4 Å². The molecule has 7 nitrogen and oxygen atoms in total. The third-order valence-electron chi connectivity index (χ3n) is 5.88. The van der Waals surface area contributed by atoms with Crippen molar-refractivity contribution in [3.63, 3.8) is 0 Å². The number of ether oxygens (including phenoxy) is 1. The second-order valence-corrected chi connectivity index (χ2v) is 8.19.